The summed E-state index contributed by atoms with van der Waals surface area (Å²) in [5.74, 6) is 1.37. The van der Waals surface area contributed by atoms with E-state index in [1.807, 2.05) is 31.2 Å². The highest BCUT2D eigenvalue weighted by molar-refractivity contribution is 14.0. The molecule has 0 aliphatic rings. The minimum atomic E-state index is -0.0498. The molecule has 0 heterocycles. The predicted molar refractivity (Wildman–Crippen MR) is 126 cm³/mol. The third kappa shape index (κ3) is 13.3. The normalized spacial score (nSPS) is 10.8. The summed E-state index contributed by atoms with van der Waals surface area (Å²) in [6.07, 6.45) is 0.865. The Hall–Kier alpha value is -1.59. The Labute approximate surface area is 191 Å². The number of nitrogens with zero attached hydrogens (tertiary/aromatic N) is 2. The molecule has 1 aromatic carbocycles. The van der Waals surface area contributed by atoms with Crippen molar-refractivity contribution in [3.8, 4) is 5.75 Å². The number of ether oxygens (including phenoxy) is 3. The zero-order valence-corrected chi connectivity index (χ0v) is 20.2. The van der Waals surface area contributed by atoms with Crippen LogP contribution < -0.4 is 15.4 Å². The third-order valence-corrected chi connectivity index (χ3v) is 3.80. The van der Waals surface area contributed by atoms with Crippen molar-refractivity contribution in [3.63, 3.8) is 0 Å². The molecule has 0 radical (unpaired) electrons. The molecule has 9 heteroatoms. The van der Waals surface area contributed by atoms with Gasteiger partial charge in [-0.05, 0) is 31.0 Å². The Morgan fingerprint density at radius 3 is 2.38 bits per heavy atom. The molecule has 0 saturated carbocycles. The SMILES string of the molecule is CCOCCCNC(=NCC(=O)N(C)C)NCCOCc1ccc(OC)cc1.I. The second kappa shape index (κ2) is 17.3. The van der Waals surface area contributed by atoms with E-state index in [0.29, 0.717) is 45.5 Å². The monoisotopic (exact) mass is 522 g/mol. The van der Waals surface area contributed by atoms with Gasteiger partial charge in [-0.25, -0.2) is 4.99 Å². The minimum absolute atomic E-state index is 0. The van der Waals surface area contributed by atoms with Gasteiger partial charge in [0.05, 0.1) is 20.3 Å². The number of carbonyl (C=O) groups is 1. The summed E-state index contributed by atoms with van der Waals surface area (Å²) in [7, 11) is 5.08. The first-order valence-electron chi connectivity index (χ1n) is 9.57. The van der Waals surface area contributed by atoms with Crippen molar-refractivity contribution >= 4 is 35.8 Å². The molecule has 1 rings (SSSR count). The van der Waals surface area contributed by atoms with E-state index in [4.69, 9.17) is 14.2 Å². The first-order valence-corrected chi connectivity index (χ1v) is 9.57. The molecule has 0 unspecified atom stereocenters. The van der Waals surface area contributed by atoms with Crippen molar-refractivity contribution in [2.75, 3.05) is 60.7 Å². The first kappa shape index (κ1) is 27.4. The summed E-state index contributed by atoms with van der Waals surface area (Å²) < 4.78 is 16.2. The summed E-state index contributed by atoms with van der Waals surface area (Å²) in [6, 6.07) is 7.78. The highest BCUT2D eigenvalue weighted by atomic mass is 127. The van der Waals surface area contributed by atoms with Crippen LogP contribution in [-0.2, 0) is 20.9 Å². The number of benzene rings is 1. The van der Waals surface area contributed by atoms with Gasteiger partial charge in [-0.1, -0.05) is 12.1 Å². The van der Waals surface area contributed by atoms with Crippen molar-refractivity contribution < 1.29 is 19.0 Å². The van der Waals surface area contributed by atoms with Gasteiger partial charge in [0.1, 0.15) is 12.3 Å². The predicted octanol–water partition coefficient (Wildman–Crippen LogP) is 1.88. The van der Waals surface area contributed by atoms with Gasteiger partial charge in [-0.15, -0.1) is 24.0 Å². The van der Waals surface area contributed by atoms with E-state index in [-0.39, 0.29) is 36.4 Å². The maximum Gasteiger partial charge on any atom is 0.243 e. The van der Waals surface area contributed by atoms with Gasteiger partial charge in [0, 0.05) is 40.4 Å². The second-order valence-corrected chi connectivity index (χ2v) is 6.26. The van der Waals surface area contributed by atoms with E-state index in [2.05, 4.69) is 15.6 Å². The van der Waals surface area contributed by atoms with Crippen LogP contribution in [0.5, 0.6) is 5.75 Å². The number of guanidine groups is 1. The van der Waals surface area contributed by atoms with E-state index < -0.39 is 0 Å². The fourth-order valence-electron chi connectivity index (χ4n) is 2.14. The van der Waals surface area contributed by atoms with Crippen molar-refractivity contribution in [3.05, 3.63) is 29.8 Å². The maximum absolute atomic E-state index is 11.8. The molecule has 0 fully saturated rings. The van der Waals surface area contributed by atoms with Crippen molar-refractivity contribution in [1.29, 1.82) is 0 Å². The number of nitrogens with one attached hydrogen (secondary N) is 2. The Bertz CT molecular complexity index is 582. The average molecular weight is 522 g/mol. The summed E-state index contributed by atoms with van der Waals surface area (Å²) in [6.45, 7) is 5.83. The summed E-state index contributed by atoms with van der Waals surface area (Å²) in [4.78, 5) is 17.6. The molecule has 0 atom stereocenters. The Morgan fingerprint density at radius 1 is 1.07 bits per heavy atom. The molecule has 1 aromatic rings. The number of amides is 1. The smallest absolute Gasteiger partial charge is 0.243 e. The molecule has 29 heavy (non-hydrogen) atoms. The Morgan fingerprint density at radius 2 is 1.76 bits per heavy atom. The standard InChI is InChI=1S/C20H34N4O4.HI/c1-5-27-13-6-11-21-20(23-15-19(25)24(2)3)22-12-14-28-16-17-7-9-18(26-4)10-8-17;/h7-10H,5-6,11-16H2,1-4H3,(H2,21,22,23);1H. The van der Waals surface area contributed by atoms with Crippen LogP contribution in [0.2, 0.25) is 0 Å². The zero-order valence-electron chi connectivity index (χ0n) is 17.9. The lowest BCUT2D eigenvalue weighted by atomic mass is 10.2. The van der Waals surface area contributed by atoms with Crippen molar-refractivity contribution in [2.24, 2.45) is 4.99 Å². The van der Waals surface area contributed by atoms with E-state index in [9.17, 15) is 4.79 Å². The van der Waals surface area contributed by atoms with Crippen LogP contribution in [-0.4, -0.2) is 77.4 Å². The number of rotatable bonds is 13. The van der Waals surface area contributed by atoms with E-state index >= 15 is 0 Å². The van der Waals surface area contributed by atoms with Crippen molar-refractivity contribution in [2.45, 2.75) is 20.0 Å². The molecule has 0 aliphatic carbocycles. The van der Waals surface area contributed by atoms with Crippen LogP contribution in [0.3, 0.4) is 0 Å². The van der Waals surface area contributed by atoms with Crippen LogP contribution in [0, 0.1) is 0 Å². The number of hydrogen-bond acceptors (Lipinski definition) is 5. The van der Waals surface area contributed by atoms with Gasteiger partial charge in [-0.3, -0.25) is 4.79 Å². The zero-order chi connectivity index (χ0) is 20.6. The molecular formula is C20H35IN4O4. The van der Waals surface area contributed by atoms with E-state index in [1.165, 1.54) is 4.90 Å². The van der Waals surface area contributed by atoms with E-state index in [0.717, 1.165) is 17.7 Å². The van der Waals surface area contributed by atoms with Gasteiger partial charge in [0.2, 0.25) is 5.91 Å². The molecule has 0 spiro atoms. The highest BCUT2D eigenvalue weighted by Gasteiger charge is 2.04. The number of halogens is 1. The molecular weight excluding hydrogens is 487 g/mol. The third-order valence-electron chi connectivity index (χ3n) is 3.80. The molecule has 2 N–H and O–H groups in total. The molecule has 0 aromatic heterocycles. The van der Waals surface area contributed by atoms with Crippen LogP contribution in [0.4, 0.5) is 0 Å². The van der Waals surface area contributed by atoms with Gasteiger partial charge >= 0.3 is 0 Å². The topological polar surface area (TPSA) is 84.4 Å². The van der Waals surface area contributed by atoms with Gasteiger partial charge in [0.25, 0.3) is 0 Å². The number of likely N-dealkylation sites (N-methyl/N-ethyl adjacent to an activating group) is 1. The number of aliphatic imine (C=N–C) groups is 1. The fourth-order valence-corrected chi connectivity index (χ4v) is 2.14. The molecule has 0 saturated heterocycles. The van der Waals surface area contributed by atoms with Crippen LogP contribution >= 0.6 is 24.0 Å². The van der Waals surface area contributed by atoms with Crippen LogP contribution in [0.15, 0.2) is 29.3 Å². The quantitative estimate of drug-likeness (QED) is 0.178. The molecule has 8 nitrogen and oxygen atoms in total. The van der Waals surface area contributed by atoms with E-state index in [1.54, 1.807) is 21.2 Å². The number of carbonyl (C=O) groups excluding carboxylic acids is 1. The van der Waals surface area contributed by atoms with Gasteiger partial charge in [0.15, 0.2) is 5.96 Å². The fraction of sp³-hybridized carbons (Fsp3) is 0.600. The lowest BCUT2D eigenvalue weighted by Gasteiger charge is -2.14. The summed E-state index contributed by atoms with van der Waals surface area (Å²) in [5, 5.41) is 6.40. The van der Waals surface area contributed by atoms with Gasteiger partial charge < -0.3 is 29.7 Å². The average Bonchev–Trinajstić information content (AvgIpc) is 2.71. The second-order valence-electron chi connectivity index (χ2n) is 6.26. The molecule has 166 valence electrons. The minimum Gasteiger partial charge on any atom is -0.497 e. The maximum atomic E-state index is 11.8. The van der Waals surface area contributed by atoms with Crippen LogP contribution in [0.25, 0.3) is 0 Å². The Kier molecular flexibility index (Phi) is 16.3. The highest BCUT2D eigenvalue weighted by Crippen LogP contribution is 2.11. The first-order chi connectivity index (χ1) is 13.6. The lowest BCUT2D eigenvalue weighted by molar-refractivity contribution is -0.127. The van der Waals surface area contributed by atoms with Crippen molar-refractivity contribution in [1.82, 2.24) is 15.5 Å². The lowest BCUT2D eigenvalue weighted by Crippen LogP contribution is -2.40. The van der Waals surface area contributed by atoms with Gasteiger partial charge in [-0.2, -0.15) is 0 Å². The molecule has 1 amide bonds. The number of methoxy groups -OCH3 is 1. The molecule has 0 bridgehead atoms. The largest absolute Gasteiger partial charge is 0.497 e. The summed E-state index contributed by atoms with van der Waals surface area (Å²) in [5.41, 5.74) is 1.08. The summed E-state index contributed by atoms with van der Waals surface area (Å²) >= 11 is 0. The molecule has 0 aliphatic heterocycles. The Balaban J connectivity index is 0.00000784. The van der Waals surface area contributed by atoms with Crippen LogP contribution in [0.1, 0.15) is 18.9 Å². The number of hydrogen-bond donors (Lipinski definition) is 2.